The number of alkyl carbamates (subject to hydrolysis) is 1. The number of ether oxygens (including phenoxy) is 1. The van der Waals surface area contributed by atoms with Crippen LogP contribution in [0, 0.1) is 0 Å². The van der Waals surface area contributed by atoms with Gasteiger partial charge in [0.25, 0.3) is 0 Å². The Labute approximate surface area is 206 Å². The quantitative estimate of drug-likeness (QED) is 0.353. The minimum Gasteiger partial charge on any atom is -0.445 e. The Morgan fingerprint density at radius 3 is 2.06 bits per heavy atom. The van der Waals surface area contributed by atoms with Crippen molar-refractivity contribution in [3.8, 4) is 0 Å². The first-order valence-electron chi connectivity index (χ1n) is 12.6. The number of amides is 1. The number of hydrogen-bond donors (Lipinski definition) is 1. The Hall–Kier alpha value is -2.37. The minimum absolute atomic E-state index is 0.0102. The summed E-state index contributed by atoms with van der Waals surface area (Å²) < 4.78 is 12.1. The fourth-order valence-electron chi connectivity index (χ4n) is 5.51. The number of carbonyl (C=O) groups is 1. The van der Waals surface area contributed by atoms with E-state index >= 15 is 0 Å². The summed E-state index contributed by atoms with van der Waals surface area (Å²) in [7, 11) is -1.87. The largest absolute Gasteiger partial charge is 0.445 e. The van der Waals surface area contributed by atoms with E-state index in [-0.39, 0.29) is 18.7 Å². The standard InChI is InChI=1S/C29H41NO3Si/c1-21(2)34(22(3)4,23(5)6)33-20-25-12-14-26(15-13-25)27-16-17-28(18-27)30-29(31)32-19-24-10-8-7-9-11-24/h7-15,18,21-23,28H,16-17,19-20H2,1-6H3,(H,30,31). The van der Waals surface area contributed by atoms with Crippen molar-refractivity contribution in [1.82, 2.24) is 5.32 Å². The predicted molar refractivity (Wildman–Crippen MR) is 143 cm³/mol. The van der Waals surface area contributed by atoms with Gasteiger partial charge in [0.2, 0.25) is 8.32 Å². The molecule has 1 aliphatic carbocycles. The van der Waals surface area contributed by atoms with Gasteiger partial charge in [0.15, 0.2) is 0 Å². The molecule has 1 amide bonds. The number of allylic oxidation sites excluding steroid dienone is 1. The van der Waals surface area contributed by atoms with Gasteiger partial charge in [0.1, 0.15) is 6.61 Å². The summed E-state index contributed by atoms with van der Waals surface area (Å²) in [5.74, 6) is 0. The van der Waals surface area contributed by atoms with Crippen molar-refractivity contribution >= 4 is 20.0 Å². The monoisotopic (exact) mass is 479 g/mol. The molecule has 5 heteroatoms. The first-order chi connectivity index (χ1) is 16.2. The molecule has 184 valence electrons. The molecule has 0 saturated carbocycles. The van der Waals surface area contributed by atoms with Crippen molar-refractivity contribution in [3.05, 3.63) is 77.4 Å². The fraction of sp³-hybridized carbons (Fsp3) is 0.483. The second kappa shape index (κ2) is 11.9. The summed E-state index contributed by atoms with van der Waals surface area (Å²) in [6.45, 7) is 14.9. The average molecular weight is 480 g/mol. The van der Waals surface area contributed by atoms with E-state index < -0.39 is 8.32 Å². The highest BCUT2D eigenvalue weighted by molar-refractivity contribution is 6.77. The van der Waals surface area contributed by atoms with E-state index in [0.717, 1.165) is 18.4 Å². The SMILES string of the molecule is CC(C)[Si](OCc1ccc(C2=CC(NC(=O)OCc3ccccc3)CC2)cc1)(C(C)C)C(C)C. The van der Waals surface area contributed by atoms with Crippen LogP contribution in [0.2, 0.25) is 16.6 Å². The molecule has 1 unspecified atom stereocenters. The van der Waals surface area contributed by atoms with E-state index in [1.54, 1.807) is 0 Å². The molecule has 0 heterocycles. The Kier molecular flexibility index (Phi) is 9.14. The summed E-state index contributed by atoms with van der Waals surface area (Å²) >= 11 is 0. The zero-order chi connectivity index (χ0) is 24.7. The van der Waals surface area contributed by atoms with Crippen molar-refractivity contribution in [1.29, 1.82) is 0 Å². The third-order valence-corrected chi connectivity index (χ3v) is 13.2. The lowest BCUT2D eigenvalue weighted by Crippen LogP contribution is -2.47. The summed E-state index contributed by atoms with van der Waals surface area (Å²) in [5, 5.41) is 2.98. The number of carbonyl (C=O) groups excluding carboxylic acids is 1. The molecule has 2 aromatic rings. The van der Waals surface area contributed by atoms with E-state index in [4.69, 9.17) is 9.16 Å². The molecular formula is C29H41NO3Si. The van der Waals surface area contributed by atoms with E-state index in [2.05, 4.69) is 77.2 Å². The van der Waals surface area contributed by atoms with Crippen molar-refractivity contribution in [3.63, 3.8) is 0 Å². The smallest absolute Gasteiger partial charge is 0.407 e. The Morgan fingerprint density at radius 2 is 1.47 bits per heavy atom. The Balaban J connectivity index is 1.55. The fourth-order valence-corrected chi connectivity index (χ4v) is 10.9. The third-order valence-electron chi connectivity index (χ3n) is 7.16. The molecule has 0 aliphatic heterocycles. The van der Waals surface area contributed by atoms with Crippen LogP contribution in [0.1, 0.15) is 71.1 Å². The van der Waals surface area contributed by atoms with Crippen molar-refractivity contribution in [2.24, 2.45) is 0 Å². The molecular weight excluding hydrogens is 438 g/mol. The van der Waals surface area contributed by atoms with Crippen molar-refractivity contribution in [2.75, 3.05) is 0 Å². The summed E-state index contributed by atoms with van der Waals surface area (Å²) in [4.78, 5) is 12.2. The minimum atomic E-state index is -1.87. The number of nitrogens with one attached hydrogen (secondary N) is 1. The molecule has 0 radical (unpaired) electrons. The summed E-state index contributed by atoms with van der Waals surface area (Å²) in [6.07, 6.45) is 3.63. The molecule has 0 aromatic heterocycles. The molecule has 0 fully saturated rings. The van der Waals surface area contributed by atoms with Gasteiger partial charge in [-0.2, -0.15) is 0 Å². The molecule has 34 heavy (non-hydrogen) atoms. The number of benzene rings is 2. The van der Waals surface area contributed by atoms with Crippen LogP contribution in [0.3, 0.4) is 0 Å². The van der Waals surface area contributed by atoms with E-state index in [0.29, 0.717) is 23.2 Å². The molecule has 1 N–H and O–H groups in total. The van der Waals surface area contributed by atoms with Gasteiger partial charge in [-0.25, -0.2) is 4.79 Å². The zero-order valence-corrected chi connectivity index (χ0v) is 22.6. The molecule has 2 aromatic carbocycles. The lowest BCUT2D eigenvalue weighted by Gasteiger charge is -2.42. The van der Waals surface area contributed by atoms with Crippen LogP contribution in [0.5, 0.6) is 0 Å². The third kappa shape index (κ3) is 6.39. The van der Waals surface area contributed by atoms with Crippen LogP contribution in [0.4, 0.5) is 4.79 Å². The van der Waals surface area contributed by atoms with E-state index in [9.17, 15) is 4.79 Å². The highest BCUT2D eigenvalue weighted by Crippen LogP contribution is 2.42. The van der Waals surface area contributed by atoms with Gasteiger partial charge in [-0.1, -0.05) is 102 Å². The lowest BCUT2D eigenvalue weighted by molar-refractivity contribution is 0.137. The highest BCUT2D eigenvalue weighted by atomic mass is 28.4. The van der Waals surface area contributed by atoms with Crippen LogP contribution in [0.25, 0.3) is 5.57 Å². The Morgan fingerprint density at radius 1 is 0.882 bits per heavy atom. The zero-order valence-electron chi connectivity index (χ0n) is 21.6. The van der Waals surface area contributed by atoms with Gasteiger partial charge in [-0.3, -0.25) is 0 Å². The summed E-state index contributed by atoms with van der Waals surface area (Å²) in [6, 6.07) is 18.5. The van der Waals surface area contributed by atoms with Gasteiger partial charge < -0.3 is 14.5 Å². The van der Waals surface area contributed by atoms with Crippen LogP contribution in [0.15, 0.2) is 60.7 Å². The maximum atomic E-state index is 12.2. The Bertz CT molecular complexity index is 929. The highest BCUT2D eigenvalue weighted by Gasteiger charge is 2.44. The molecule has 1 atom stereocenters. The van der Waals surface area contributed by atoms with Gasteiger partial charge >= 0.3 is 6.09 Å². The van der Waals surface area contributed by atoms with Crippen LogP contribution < -0.4 is 5.32 Å². The van der Waals surface area contributed by atoms with Gasteiger partial charge in [0, 0.05) is 0 Å². The van der Waals surface area contributed by atoms with Crippen molar-refractivity contribution < 1.29 is 14.0 Å². The molecule has 0 bridgehead atoms. The first-order valence-corrected chi connectivity index (χ1v) is 14.8. The molecule has 0 spiro atoms. The van der Waals surface area contributed by atoms with Crippen molar-refractivity contribution in [2.45, 2.75) is 90.3 Å². The molecule has 1 aliphatic rings. The maximum Gasteiger partial charge on any atom is 0.407 e. The topological polar surface area (TPSA) is 47.6 Å². The average Bonchev–Trinajstić information content (AvgIpc) is 3.27. The van der Waals surface area contributed by atoms with E-state index in [1.165, 1.54) is 16.7 Å². The lowest BCUT2D eigenvalue weighted by atomic mass is 10.0. The van der Waals surface area contributed by atoms with Gasteiger partial charge in [0.05, 0.1) is 12.6 Å². The second-order valence-corrected chi connectivity index (χ2v) is 15.8. The number of rotatable bonds is 10. The van der Waals surface area contributed by atoms with Crippen LogP contribution in [-0.4, -0.2) is 20.5 Å². The molecule has 4 nitrogen and oxygen atoms in total. The van der Waals surface area contributed by atoms with Gasteiger partial charge in [-0.05, 0) is 51.7 Å². The predicted octanol–water partition coefficient (Wildman–Crippen LogP) is 7.85. The second-order valence-electron chi connectivity index (χ2n) is 10.3. The normalized spacial score (nSPS) is 16.3. The summed E-state index contributed by atoms with van der Waals surface area (Å²) in [5.41, 5.74) is 6.44. The molecule has 0 saturated heterocycles. The van der Waals surface area contributed by atoms with Gasteiger partial charge in [-0.15, -0.1) is 0 Å². The number of hydrogen-bond acceptors (Lipinski definition) is 3. The van der Waals surface area contributed by atoms with Crippen LogP contribution in [-0.2, 0) is 22.4 Å². The maximum absolute atomic E-state index is 12.2. The van der Waals surface area contributed by atoms with E-state index in [1.807, 2.05) is 30.3 Å². The van der Waals surface area contributed by atoms with Crippen LogP contribution >= 0.6 is 0 Å². The molecule has 3 rings (SSSR count). The first kappa shape index (κ1) is 26.2.